The van der Waals surface area contributed by atoms with E-state index in [1.165, 1.54) is 5.56 Å². The molecule has 2 aromatic carbocycles. The van der Waals surface area contributed by atoms with E-state index in [9.17, 15) is 9.59 Å². The first-order valence-corrected chi connectivity index (χ1v) is 10.2. The highest BCUT2D eigenvalue weighted by molar-refractivity contribution is 6.32. The number of hydrogen-bond acceptors (Lipinski definition) is 2. The number of nitrogens with zero attached hydrogens (tertiary/aromatic N) is 1. The van der Waals surface area contributed by atoms with Crippen LogP contribution in [-0.2, 0) is 29.0 Å². The van der Waals surface area contributed by atoms with Crippen molar-refractivity contribution in [3.05, 3.63) is 63.7 Å². The van der Waals surface area contributed by atoms with Crippen LogP contribution in [0.5, 0.6) is 0 Å². The van der Waals surface area contributed by atoms with Crippen molar-refractivity contribution >= 4 is 29.1 Å². The summed E-state index contributed by atoms with van der Waals surface area (Å²) in [5.74, 6) is -0.420. The first-order valence-electron chi connectivity index (χ1n) is 9.87. The maximum absolute atomic E-state index is 12.9. The highest BCUT2D eigenvalue weighted by Gasteiger charge is 2.34. The third-order valence-electron chi connectivity index (χ3n) is 5.40. The quantitative estimate of drug-likeness (QED) is 0.762. The Bertz CT molecular complexity index is 877. The van der Waals surface area contributed by atoms with Gasteiger partial charge < -0.3 is 10.2 Å². The van der Waals surface area contributed by atoms with Crippen molar-refractivity contribution in [2.24, 2.45) is 5.92 Å². The summed E-state index contributed by atoms with van der Waals surface area (Å²) in [6, 6.07) is 12.0. The normalized spacial score (nSPS) is 16.5. The van der Waals surface area contributed by atoms with Crippen molar-refractivity contribution in [2.75, 3.05) is 11.9 Å². The Hall–Kier alpha value is -2.33. The number of likely N-dealkylation sites (tertiary alicyclic amines) is 1. The zero-order valence-electron chi connectivity index (χ0n) is 16.7. The molecule has 0 saturated carbocycles. The van der Waals surface area contributed by atoms with Gasteiger partial charge >= 0.3 is 0 Å². The van der Waals surface area contributed by atoms with E-state index in [4.69, 9.17) is 11.6 Å². The predicted octanol–water partition coefficient (Wildman–Crippen LogP) is 4.76. The summed E-state index contributed by atoms with van der Waals surface area (Å²) in [4.78, 5) is 27.1. The lowest BCUT2D eigenvalue weighted by molar-refractivity contribution is -0.128. The van der Waals surface area contributed by atoms with Gasteiger partial charge in [-0.25, -0.2) is 0 Å². The minimum Gasteiger partial charge on any atom is -0.338 e. The summed E-state index contributed by atoms with van der Waals surface area (Å²) >= 11 is 6.34. The van der Waals surface area contributed by atoms with Crippen LogP contribution in [0.2, 0.25) is 5.02 Å². The van der Waals surface area contributed by atoms with Crippen molar-refractivity contribution in [2.45, 2.75) is 46.6 Å². The van der Waals surface area contributed by atoms with Gasteiger partial charge in [0.05, 0.1) is 5.92 Å². The number of benzene rings is 2. The molecule has 0 bridgehead atoms. The minimum absolute atomic E-state index is 0.0262. The van der Waals surface area contributed by atoms with Gasteiger partial charge in [0.25, 0.3) is 0 Å². The number of anilines is 1. The number of amides is 2. The largest absolute Gasteiger partial charge is 0.338 e. The van der Waals surface area contributed by atoms with Gasteiger partial charge in [0.15, 0.2) is 0 Å². The second-order valence-corrected chi connectivity index (χ2v) is 7.82. The number of halogens is 1. The Kier molecular flexibility index (Phi) is 6.40. The summed E-state index contributed by atoms with van der Waals surface area (Å²) in [7, 11) is 0. The van der Waals surface area contributed by atoms with Gasteiger partial charge in [-0.15, -0.1) is 0 Å². The molecule has 1 atom stereocenters. The van der Waals surface area contributed by atoms with Crippen molar-refractivity contribution in [1.29, 1.82) is 0 Å². The molecule has 0 spiro atoms. The first kappa shape index (κ1) is 20.4. The van der Waals surface area contributed by atoms with Crippen molar-refractivity contribution in [3.63, 3.8) is 0 Å². The molecular formula is C23H27ClN2O2. The van der Waals surface area contributed by atoms with Gasteiger partial charge in [0.1, 0.15) is 0 Å². The fraction of sp³-hybridized carbons (Fsp3) is 0.391. The predicted molar refractivity (Wildman–Crippen MR) is 114 cm³/mol. The van der Waals surface area contributed by atoms with E-state index >= 15 is 0 Å². The van der Waals surface area contributed by atoms with E-state index in [2.05, 4.69) is 12.2 Å². The van der Waals surface area contributed by atoms with Crippen LogP contribution in [0.4, 0.5) is 5.69 Å². The molecule has 1 N–H and O–H groups in total. The second-order valence-electron chi connectivity index (χ2n) is 7.42. The van der Waals surface area contributed by atoms with E-state index in [-0.39, 0.29) is 24.2 Å². The summed E-state index contributed by atoms with van der Waals surface area (Å²) in [5, 5.41) is 3.74. The average molecular weight is 399 g/mol. The smallest absolute Gasteiger partial charge is 0.229 e. The lowest BCUT2D eigenvalue weighted by Crippen LogP contribution is -2.28. The molecule has 2 aromatic rings. The summed E-state index contributed by atoms with van der Waals surface area (Å²) in [5.41, 5.74) is 5.10. The summed E-state index contributed by atoms with van der Waals surface area (Å²) < 4.78 is 0. The molecule has 1 aliphatic heterocycles. The summed E-state index contributed by atoms with van der Waals surface area (Å²) in [6.45, 7) is 7.11. The first-order chi connectivity index (χ1) is 13.4. The average Bonchev–Trinajstić information content (AvgIpc) is 3.04. The molecule has 4 nitrogen and oxygen atoms in total. The molecule has 2 amide bonds. The van der Waals surface area contributed by atoms with E-state index in [1.54, 1.807) is 4.90 Å². The van der Waals surface area contributed by atoms with E-state index in [0.29, 0.717) is 18.1 Å². The van der Waals surface area contributed by atoms with Crippen LogP contribution in [0, 0.1) is 12.8 Å². The Morgan fingerprint density at radius 1 is 1.14 bits per heavy atom. The standard InChI is InChI=1S/C23H27ClN2O2/c1-4-17-10-11-20(24)19(5-2)22(17)25-23(28)18-12-21(27)26(14-18)13-16-8-6-15(3)7-9-16/h6-11,18H,4-5,12-14H2,1-3H3,(H,25,28). The zero-order chi connectivity index (χ0) is 20.3. The number of hydrogen-bond donors (Lipinski definition) is 1. The summed E-state index contributed by atoms with van der Waals surface area (Å²) in [6.07, 6.45) is 1.80. The van der Waals surface area contributed by atoms with Gasteiger partial charge in [0, 0.05) is 30.2 Å². The highest BCUT2D eigenvalue weighted by Crippen LogP contribution is 2.31. The van der Waals surface area contributed by atoms with Crippen LogP contribution in [0.3, 0.4) is 0 Å². The molecule has 0 aromatic heterocycles. The van der Waals surface area contributed by atoms with Gasteiger partial charge in [0.2, 0.25) is 11.8 Å². The number of aryl methyl sites for hydroxylation is 2. The molecule has 0 aliphatic carbocycles. The molecule has 5 heteroatoms. The van der Waals surface area contributed by atoms with Crippen molar-refractivity contribution < 1.29 is 9.59 Å². The molecule has 1 aliphatic rings. The minimum atomic E-state index is -0.341. The highest BCUT2D eigenvalue weighted by atomic mass is 35.5. The van der Waals surface area contributed by atoms with Gasteiger partial charge in [-0.05, 0) is 42.5 Å². The van der Waals surface area contributed by atoms with E-state index < -0.39 is 0 Å². The molecule has 1 heterocycles. The second kappa shape index (κ2) is 8.78. The molecule has 28 heavy (non-hydrogen) atoms. The topological polar surface area (TPSA) is 49.4 Å². The van der Waals surface area contributed by atoms with Crippen LogP contribution < -0.4 is 5.32 Å². The molecular weight excluding hydrogens is 372 g/mol. The number of carbonyl (C=O) groups excluding carboxylic acids is 2. The Morgan fingerprint density at radius 2 is 1.86 bits per heavy atom. The Balaban J connectivity index is 1.71. The molecule has 148 valence electrons. The molecule has 0 radical (unpaired) electrons. The third kappa shape index (κ3) is 4.39. The monoisotopic (exact) mass is 398 g/mol. The van der Waals surface area contributed by atoms with Gasteiger partial charge in [-0.2, -0.15) is 0 Å². The van der Waals surface area contributed by atoms with E-state index in [1.807, 2.05) is 50.2 Å². The van der Waals surface area contributed by atoms with Crippen molar-refractivity contribution in [1.82, 2.24) is 4.90 Å². The van der Waals surface area contributed by atoms with Gasteiger partial charge in [-0.1, -0.05) is 61.3 Å². The van der Waals surface area contributed by atoms with Crippen LogP contribution in [0.25, 0.3) is 0 Å². The van der Waals surface area contributed by atoms with Crippen LogP contribution in [0.15, 0.2) is 36.4 Å². The van der Waals surface area contributed by atoms with Crippen LogP contribution in [0.1, 0.15) is 42.5 Å². The number of rotatable bonds is 6. The maximum Gasteiger partial charge on any atom is 0.229 e. The zero-order valence-corrected chi connectivity index (χ0v) is 17.5. The van der Waals surface area contributed by atoms with Crippen LogP contribution in [-0.4, -0.2) is 23.3 Å². The molecule has 3 rings (SSSR count). The van der Waals surface area contributed by atoms with Gasteiger partial charge in [-0.3, -0.25) is 9.59 Å². The Morgan fingerprint density at radius 3 is 2.50 bits per heavy atom. The fourth-order valence-electron chi connectivity index (χ4n) is 3.71. The SMILES string of the molecule is CCc1ccc(Cl)c(CC)c1NC(=O)C1CC(=O)N(Cc2ccc(C)cc2)C1. The lowest BCUT2D eigenvalue weighted by Gasteiger charge is -2.19. The van der Waals surface area contributed by atoms with E-state index in [0.717, 1.165) is 35.2 Å². The third-order valence-corrected chi connectivity index (χ3v) is 5.76. The van der Waals surface area contributed by atoms with Crippen molar-refractivity contribution in [3.8, 4) is 0 Å². The molecule has 1 saturated heterocycles. The number of carbonyl (C=O) groups is 2. The lowest BCUT2D eigenvalue weighted by atomic mass is 10.0. The van der Waals surface area contributed by atoms with Crippen LogP contribution >= 0.6 is 11.6 Å². The number of nitrogens with one attached hydrogen (secondary N) is 1. The fourth-order valence-corrected chi connectivity index (χ4v) is 4.00. The molecule has 1 unspecified atom stereocenters. The maximum atomic E-state index is 12.9. The molecule has 1 fully saturated rings. The Labute approximate surface area is 171 Å².